The van der Waals surface area contributed by atoms with Gasteiger partial charge in [-0.15, -0.1) is 0 Å². The van der Waals surface area contributed by atoms with Crippen molar-refractivity contribution >= 4 is 15.9 Å². The predicted octanol–water partition coefficient (Wildman–Crippen LogP) is 0.981. The zero-order valence-electron chi connectivity index (χ0n) is 13.4. The zero-order chi connectivity index (χ0) is 16.0. The minimum Gasteiger partial charge on any atom is -0.381 e. The van der Waals surface area contributed by atoms with Crippen LogP contribution < -0.4 is 5.32 Å². The van der Waals surface area contributed by atoms with Gasteiger partial charge in [-0.3, -0.25) is 4.79 Å². The number of piperidine rings is 1. The third-order valence-corrected chi connectivity index (χ3v) is 6.66. The second-order valence-electron chi connectivity index (χ2n) is 6.29. The Morgan fingerprint density at radius 3 is 2.41 bits per heavy atom. The highest BCUT2D eigenvalue weighted by molar-refractivity contribution is 7.89. The highest BCUT2D eigenvalue weighted by atomic mass is 32.2. The monoisotopic (exact) mass is 332 g/mol. The lowest BCUT2D eigenvalue weighted by Crippen LogP contribution is -2.43. The van der Waals surface area contributed by atoms with Gasteiger partial charge >= 0.3 is 0 Å². The third kappa shape index (κ3) is 4.93. The van der Waals surface area contributed by atoms with Gasteiger partial charge in [0.2, 0.25) is 15.9 Å². The molecule has 0 aromatic rings. The van der Waals surface area contributed by atoms with E-state index in [0.29, 0.717) is 45.2 Å². The molecule has 2 fully saturated rings. The number of amides is 1. The van der Waals surface area contributed by atoms with E-state index in [9.17, 15) is 13.2 Å². The van der Waals surface area contributed by atoms with Crippen molar-refractivity contribution in [3.8, 4) is 0 Å². The number of nitrogens with one attached hydrogen (secondary N) is 1. The van der Waals surface area contributed by atoms with Crippen molar-refractivity contribution in [1.29, 1.82) is 0 Å². The molecular weight excluding hydrogens is 304 g/mol. The molecule has 1 N–H and O–H groups in total. The summed E-state index contributed by atoms with van der Waals surface area (Å²) in [5, 5.41) is 3.04. The van der Waals surface area contributed by atoms with Crippen LogP contribution in [-0.4, -0.2) is 57.2 Å². The van der Waals surface area contributed by atoms with Crippen LogP contribution >= 0.6 is 0 Å². The Bertz CT molecular complexity index is 452. The molecule has 0 atom stereocenters. The zero-order valence-corrected chi connectivity index (χ0v) is 14.2. The molecular formula is C15H28N2O4S. The van der Waals surface area contributed by atoms with E-state index in [1.54, 1.807) is 4.31 Å². The average molecular weight is 332 g/mol. The summed E-state index contributed by atoms with van der Waals surface area (Å²) in [6.07, 6.45) is 3.93. The van der Waals surface area contributed by atoms with Crippen molar-refractivity contribution in [2.45, 2.75) is 39.0 Å². The van der Waals surface area contributed by atoms with Crippen molar-refractivity contribution in [1.82, 2.24) is 9.62 Å². The topological polar surface area (TPSA) is 75.7 Å². The molecule has 2 rings (SSSR count). The van der Waals surface area contributed by atoms with Crippen LogP contribution in [0.15, 0.2) is 0 Å². The summed E-state index contributed by atoms with van der Waals surface area (Å²) in [7, 11) is -3.07. The van der Waals surface area contributed by atoms with Gasteiger partial charge in [-0.2, -0.15) is 0 Å². The van der Waals surface area contributed by atoms with Gasteiger partial charge in [0, 0.05) is 38.8 Å². The third-order valence-electron chi connectivity index (χ3n) is 4.59. The lowest BCUT2D eigenvalue weighted by atomic mass is 9.96. The average Bonchev–Trinajstić information content (AvgIpc) is 2.54. The van der Waals surface area contributed by atoms with Gasteiger partial charge in [-0.1, -0.05) is 6.92 Å². The maximum Gasteiger partial charge on any atom is 0.223 e. The van der Waals surface area contributed by atoms with Crippen molar-refractivity contribution in [3.63, 3.8) is 0 Å². The predicted molar refractivity (Wildman–Crippen MR) is 84.9 cm³/mol. The van der Waals surface area contributed by atoms with E-state index in [4.69, 9.17) is 4.74 Å². The van der Waals surface area contributed by atoms with Gasteiger partial charge in [0.15, 0.2) is 0 Å². The van der Waals surface area contributed by atoms with Gasteiger partial charge in [-0.25, -0.2) is 12.7 Å². The Balaban J connectivity index is 1.70. The number of sulfonamides is 1. The summed E-state index contributed by atoms with van der Waals surface area (Å²) in [6, 6.07) is 0. The van der Waals surface area contributed by atoms with Crippen LogP contribution in [0.25, 0.3) is 0 Å². The molecule has 2 aliphatic rings. The van der Waals surface area contributed by atoms with Crippen molar-refractivity contribution < 1.29 is 17.9 Å². The number of carbonyl (C=O) groups excluding carboxylic acids is 1. The highest BCUT2D eigenvalue weighted by Gasteiger charge is 2.28. The summed E-state index contributed by atoms with van der Waals surface area (Å²) in [4.78, 5) is 12.1. The van der Waals surface area contributed by atoms with E-state index in [1.807, 2.05) is 6.92 Å². The largest absolute Gasteiger partial charge is 0.381 e. The van der Waals surface area contributed by atoms with E-state index >= 15 is 0 Å². The van der Waals surface area contributed by atoms with E-state index in [1.165, 1.54) is 0 Å². The molecule has 2 saturated heterocycles. The fourth-order valence-corrected chi connectivity index (χ4v) is 4.67. The maximum atomic E-state index is 12.1. The van der Waals surface area contributed by atoms with E-state index in [-0.39, 0.29) is 17.6 Å². The van der Waals surface area contributed by atoms with E-state index < -0.39 is 10.0 Å². The van der Waals surface area contributed by atoms with E-state index in [2.05, 4.69) is 5.32 Å². The minimum atomic E-state index is -3.07. The first-order valence-electron chi connectivity index (χ1n) is 8.36. The Hall–Kier alpha value is -0.660. The molecule has 0 aromatic carbocycles. The number of nitrogens with zero attached hydrogens (tertiary/aromatic N) is 1. The molecule has 1 amide bonds. The Morgan fingerprint density at radius 1 is 1.18 bits per heavy atom. The van der Waals surface area contributed by atoms with Crippen LogP contribution in [0.3, 0.4) is 0 Å². The van der Waals surface area contributed by atoms with Crippen LogP contribution in [0, 0.1) is 11.8 Å². The smallest absolute Gasteiger partial charge is 0.223 e. The Kier molecular flexibility index (Phi) is 6.65. The van der Waals surface area contributed by atoms with Crippen LogP contribution in [0.5, 0.6) is 0 Å². The van der Waals surface area contributed by atoms with Crippen LogP contribution in [0.2, 0.25) is 0 Å². The summed E-state index contributed by atoms with van der Waals surface area (Å²) in [6.45, 7) is 5.06. The number of hydrogen-bond donors (Lipinski definition) is 1. The molecule has 0 aliphatic carbocycles. The van der Waals surface area contributed by atoms with Crippen LogP contribution in [-0.2, 0) is 19.6 Å². The summed E-state index contributed by atoms with van der Waals surface area (Å²) in [5.41, 5.74) is 0. The lowest BCUT2D eigenvalue weighted by molar-refractivity contribution is -0.128. The molecule has 0 aromatic heterocycles. The number of hydrogen-bond acceptors (Lipinski definition) is 4. The highest BCUT2D eigenvalue weighted by Crippen LogP contribution is 2.20. The van der Waals surface area contributed by atoms with Crippen LogP contribution in [0.1, 0.15) is 39.0 Å². The molecule has 0 radical (unpaired) electrons. The molecule has 22 heavy (non-hydrogen) atoms. The number of ether oxygens (including phenoxy) is 1. The lowest BCUT2D eigenvalue weighted by Gasteiger charge is -2.31. The molecule has 2 heterocycles. The second-order valence-corrected chi connectivity index (χ2v) is 8.38. The molecule has 128 valence electrons. The minimum absolute atomic E-state index is 0.0822. The van der Waals surface area contributed by atoms with Crippen LogP contribution in [0.4, 0.5) is 0 Å². The number of rotatable bonds is 6. The van der Waals surface area contributed by atoms with Gasteiger partial charge in [0.05, 0.1) is 5.75 Å². The first-order valence-corrected chi connectivity index (χ1v) is 9.97. The first-order chi connectivity index (χ1) is 10.5. The van der Waals surface area contributed by atoms with Crippen molar-refractivity contribution in [3.05, 3.63) is 0 Å². The molecule has 2 aliphatic heterocycles. The molecule has 0 saturated carbocycles. The Labute approximate surface area is 133 Å². The maximum absolute atomic E-state index is 12.1. The van der Waals surface area contributed by atoms with Crippen molar-refractivity contribution in [2.75, 3.05) is 38.6 Å². The van der Waals surface area contributed by atoms with Gasteiger partial charge in [0.1, 0.15) is 0 Å². The fraction of sp³-hybridized carbons (Fsp3) is 0.933. The SMILES string of the molecule is CCCS(=O)(=O)N1CCC(CNC(=O)C2CCOCC2)CC1. The fourth-order valence-electron chi connectivity index (χ4n) is 3.13. The Morgan fingerprint density at radius 2 is 1.82 bits per heavy atom. The first kappa shape index (κ1) is 17.7. The standard InChI is InChI=1S/C15H28N2O4S/c1-2-11-22(19,20)17-7-3-13(4-8-17)12-16-15(18)14-5-9-21-10-6-14/h13-14H,2-12H2,1H3,(H,16,18). The number of carbonyl (C=O) groups is 1. The summed E-state index contributed by atoms with van der Waals surface area (Å²) < 4.78 is 30.9. The molecule has 6 nitrogen and oxygen atoms in total. The summed E-state index contributed by atoms with van der Waals surface area (Å²) in [5.74, 6) is 0.831. The van der Waals surface area contributed by atoms with Gasteiger partial charge in [-0.05, 0) is 38.0 Å². The summed E-state index contributed by atoms with van der Waals surface area (Å²) >= 11 is 0. The van der Waals surface area contributed by atoms with Crippen molar-refractivity contribution in [2.24, 2.45) is 11.8 Å². The molecule has 0 unspecified atom stereocenters. The molecule has 0 spiro atoms. The van der Waals surface area contributed by atoms with Gasteiger partial charge < -0.3 is 10.1 Å². The molecule has 7 heteroatoms. The normalized spacial score (nSPS) is 22.6. The van der Waals surface area contributed by atoms with E-state index in [0.717, 1.165) is 25.7 Å². The quantitative estimate of drug-likeness (QED) is 0.787. The van der Waals surface area contributed by atoms with Gasteiger partial charge in [0.25, 0.3) is 0 Å². The molecule has 0 bridgehead atoms. The second kappa shape index (κ2) is 8.26.